The minimum Gasteiger partial charge on any atom is -0.512 e. The molecule has 467 valence electrons. The van der Waals surface area contributed by atoms with Crippen molar-refractivity contribution >= 4 is 93.9 Å². The number of carbonyl (C=O) groups excluding carboxylic acids is 1. The van der Waals surface area contributed by atoms with Crippen LogP contribution in [0.3, 0.4) is 0 Å². The molecule has 0 fully saturated rings. The average molecular weight is 1400 g/mol. The summed E-state index contributed by atoms with van der Waals surface area (Å²) in [5.41, 5.74) is 10.3. The molecule has 10 aromatic rings. The number of allylic oxidation sites excluding steroid dienone is 2. The van der Waals surface area contributed by atoms with E-state index in [0.29, 0.717) is 6.17 Å². The summed E-state index contributed by atoms with van der Waals surface area (Å²) in [6, 6.07) is 42.6. The van der Waals surface area contributed by atoms with Crippen LogP contribution >= 0.6 is 23.5 Å². The molecular formula is C82H94IrN2O2S2-2. The maximum Gasteiger partial charge on any atom is 0.164 e. The van der Waals surface area contributed by atoms with E-state index in [4.69, 9.17) is 14.1 Å². The molecule has 0 spiro atoms. The monoisotopic (exact) mass is 1400 g/mol. The number of aryl methyl sites for hydroxylation is 1. The number of rotatable bonds is 11. The zero-order valence-electron chi connectivity index (χ0n) is 59.4. The summed E-state index contributed by atoms with van der Waals surface area (Å²) in [6.45, 7) is 41.7. The Morgan fingerprint density at radius 3 is 1.46 bits per heavy atom. The van der Waals surface area contributed by atoms with E-state index in [0.717, 1.165) is 116 Å². The van der Waals surface area contributed by atoms with Crippen LogP contribution in [-0.4, -0.2) is 20.9 Å². The van der Waals surface area contributed by atoms with Gasteiger partial charge in [0.2, 0.25) is 0 Å². The van der Waals surface area contributed by atoms with Crippen molar-refractivity contribution in [1.29, 1.82) is 0 Å². The fourth-order valence-corrected chi connectivity index (χ4v) is 15.3. The molecule has 89 heavy (non-hydrogen) atoms. The first-order chi connectivity index (χ1) is 42.6. The number of aromatic nitrogens is 2. The van der Waals surface area contributed by atoms with Crippen LogP contribution in [0.5, 0.6) is 0 Å². The van der Waals surface area contributed by atoms with Crippen molar-refractivity contribution in [2.75, 3.05) is 0 Å². The number of carbonyl (C=O) groups is 1. The maximum atomic E-state index is 12.2. The molecule has 8 aromatic carbocycles. The first kappa shape index (κ1) is 63.3. The number of ketones is 1. The predicted octanol–water partition coefficient (Wildman–Crippen LogP) is 24.3. The van der Waals surface area contributed by atoms with E-state index in [1.165, 1.54) is 75.5 Å². The third-order valence-electron chi connectivity index (χ3n) is 18.4. The summed E-state index contributed by atoms with van der Waals surface area (Å²) >= 11 is 3.67. The number of pyridine rings is 2. The molecule has 0 saturated carbocycles. The zero-order valence-corrected chi connectivity index (χ0v) is 60.4. The van der Waals surface area contributed by atoms with E-state index in [1.807, 2.05) is 59.4 Å². The molecule has 4 nitrogen and oxygen atoms in total. The second-order valence-electron chi connectivity index (χ2n) is 30.5. The molecule has 0 amide bonds. The van der Waals surface area contributed by atoms with Crippen molar-refractivity contribution in [3.05, 3.63) is 167 Å². The Morgan fingerprint density at radius 2 is 0.955 bits per heavy atom. The van der Waals surface area contributed by atoms with Gasteiger partial charge in [0.05, 0.1) is 4.11 Å². The number of nitrogens with zero attached hydrogens (tertiary/aromatic N) is 2. The van der Waals surface area contributed by atoms with Gasteiger partial charge in [0.1, 0.15) is 5.76 Å². The molecular weight excluding hydrogens is 1300 g/mol. The SMILES string of the molecule is CCC(C)(CC)C(=O)/C=C(\O)C(C)(CC)CC.[2H]c1cc2c3c(cc4c(CC(C)(C)C)cccc42)Sc2c([c-]c4ccccc4c2CC(C)(C)C)-c3n1.[2H]c1nc2c3c(cc4c(CC(C)(C)C)cccc4c3c1[2H])Sc1c-2[c-]c2cc(C)ccc2c1CC(C)(C)C.[Ir]. The van der Waals surface area contributed by atoms with Crippen LogP contribution in [0.25, 0.3) is 87.1 Å². The van der Waals surface area contributed by atoms with Crippen molar-refractivity contribution in [1.82, 2.24) is 9.97 Å². The molecule has 4 heterocycles. The molecule has 0 aliphatic carbocycles. The van der Waals surface area contributed by atoms with Gasteiger partial charge in [-0.2, -0.15) is 0 Å². The van der Waals surface area contributed by atoms with Crippen molar-refractivity contribution in [2.45, 2.75) is 202 Å². The fourth-order valence-electron chi connectivity index (χ4n) is 12.8. The minimum absolute atomic E-state index is 0. The van der Waals surface area contributed by atoms with Crippen molar-refractivity contribution in [3.63, 3.8) is 0 Å². The van der Waals surface area contributed by atoms with Gasteiger partial charge in [-0.1, -0.05) is 230 Å². The molecule has 2 aliphatic heterocycles. The molecule has 2 aromatic heterocycles. The molecule has 0 unspecified atom stereocenters. The number of benzene rings is 8. The van der Waals surface area contributed by atoms with Crippen molar-refractivity contribution in [3.8, 4) is 22.5 Å². The van der Waals surface area contributed by atoms with Crippen LogP contribution in [0.1, 0.15) is 182 Å². The van der Waals surface area contributed by atoms with E-state index in [9.17, 15) is 9.90 Å². The van der Waals surface area contributed by atoms with Gasteiger partial charge in [-0.05, 0) is 168 Å². The van der Waals surface area contributed by atoms with Crippen molar-refractivity contribution < 1.29 is 34.1 Å². The second-order valence-corrected chi connectivity index (χ2v) is 32.6. The minimum atomic E-state index is -0.337. The Bertz CT molecular complexity index is 4570. The van der Waals surface area contributed by atoms with Gasteiger partial charge in [-0.25, -0.2) is 0 Å². The van der Waals surface area contributed by atoms with Gasteiger partial charge in [-0.3, -0.25) is 14.8 Å². The summed E-state index contributed by atoms with van der Waals surface area (Å²) in [5.74, 6) is 0.286. The molecule has 0 atom stereocenters. The fraction of sp³-hybridized carbons (Fsp3) is 0.402. The van der Waals surface area contributed by atoms with Crippen LogP contribution in [0, 0.1) is 51.5 Å². The van der Waals surface area contributed by atoms with Gasteiger partial charge >= 0.3 is 0 Å². The van der Waals surface area contributed by atoms with Crippen LogP contribution in [0.2, 0.25) is 0 Å². The van der Waals surface area contributed by atoms with E-state index in [2.05, 4.69) is 193 Å². The molecule has 1 N–H and O–H groups in total. The molecule has 2 aliphatic rings. The zero-order chi connectivity index (χ0) is 66.2. The molecule has 0 bridgehead atoms. The largest absolute Gasteiger partial charge is 0.512 e. The number of hydrogen-bond donors (Lipinski definition) is 1. The van der Waals surface area contributed by atoms with Gasteiger partial charge in [0.25, 0.3) is 0 Å². The third kappa shape index (κ3) is 14.0. The van der Waals surface area contributed by atoms with Crippen LogP contribution in [0.15, 0.2) is 147 Å². The average Bonchev–Trinajstić information content (AvgIpc) is 0.718. The first-order valence-electron chi connectivity index (χ1n) is 33.6. The second kappa shape index (κ2) is 25.7. The summed E-state index contributed by atoms with van der Waals surface area (Å²) in [6.07, 6.45) is 8.96. The number of hydrogen-bond acceptors (Lipinski definition) is 6. The summed E-state index contributed by atoms with van der Waals surface area (Å²) < 4.78 is 26.3. The van der Waals surface area contributed by atoms with Crippen LogP contribution < -0.4 is 0 Å². The normalized spacial score (nSPS) is 13.9. The quantitative estimate of drug-likeness (QED) is 0.0603. The van der Waals surface area contributed by atoms with Gasteiger partial charge in [0.15, 0.2) is 5.78 Å². The van der Waals surface area contributed by atoms with E-state index >= 15 is 0 Å². The van der Waals surface area contributed by atoms with Gasteiger partial charge in [0, 0.05) is 70.5 Å². The first-order valence-corrected chi connectivity index (χ1v) is 33.7. The van der Waals surface area contributed by atoms with E-state index in [-0.39, 0.29) is 76.4 Å². The Labute approximate surface area is 558 Å². The molecule has 1 radical (unpaired) electrons. The number of fused-ring (bicyclic) bond motifs is 10. The molecule has 12 rings (SSSR count). The Kier molecular flexibility index (Phi) is 18.3. The molecule has 7 heteroatoms. The van der Waals surface area contributed by atoms with Crippen LogP contribution in [0.4, 0.5) is 0 Å². The summed E-state index contributed by atoms with van der Waals surface area (Å²) in [5, 5.41) is 23.7. The van der Waals surface area contributed by atoms with E-state index < -0.39 is 0 Å². The Morgan fingerprint density at radius 1 is 0.506 bits per heavy atom. The summed E-state index contributed by atoms with van der Waals surface area (Å²) in [4.78, 5) is 26.6. The standard InChI is InChI=1S/C34H34NS.C33H32NS.C15H28O2.Ir/c1-20-11-12-23-22(15-20)16-27-31-30-25(13-14-35-31)24-10-8-9-21(18-33(2,3)4)26(24)17-29(30)36-32(27)28(23)19-34(5,6)7;1-32(2,3)18-21-11-9-13-23-24-14-15-34-30-26-16-20-10-7-8-12-22(20)27(19-33(4,5)6)31(26)35-28(29(24)30)17-25(21)23;1-7-14(5,8-2)12(16)11-13(17)15(6,9-3)10-4;/h8-15,17H,18-19H2,1-7H3;7-15,17H,18-19H2,1-6H3;11,16H,7-10H2,1-6H3;/q2*-1;;/b;;12-11-;/i13D,14D;15D;;. The maximum absolute atomic E-state index is 12.2. The predicted molar refractivity (Wildman–Crippen MR) is 381 cm³/mol. The van der Waals surface area contributed by atoms with Gasteiger partial charge in [-0.15, -0.1) is 58.6 Å². The number of aliphatic hydroxyl groups is 1. The van der Waals surface area contributed by atoms with E-state index in [1.54, 1.807) is 11.8 Å². The Hall–Kier alpha value is -5.82. The van der Waals surface area contributed by atoms with Gasteiger partial charge < -0.3 is 5.11 Å². The van der Waals surface area contributed by atoms with Crippen LogP contribution in [-0.2, 0) is 50.6 Å². The number of aliphatic hydroxyl groups excluding tert-OH is 1. The summed E-state index contributed by atoms with van der Waals surface area (Å²) in [7, 11) is 0. The smallest absolute Gasteiger partial charge is 0.164 e. The molecule has 0 saturated heterocycles. The third-order valence-corrected chi connectivity index (χ3v) is 20.7. The topological polar surface area (TPSA) is 63.1 Å². The van der Waals surface area contributed by atoms with Crippen molar-refractivity contribution in [2.24, 2.45) is 32.5 Å². The Balaban J connectivity index is 0.000000174.